The molecule has 0 unspecified atom stereocenters. The molecule has 0 aliphatic carbocycles. The van der Waals surface area contributed by atoms with Gasteiger partial charge in [-0.1, -0.05) is 5.92 Å². The smallest absolute Gasteiger partial charge is 0.332 e. The van der Waals surface area contributed by atoms with Gasteiger partial charge in [-0.25, -0.2) is 4.79 Å². The Balaban J connectivity index is 2.60. The molecule has 0 radical (unpaired) electrons. The van der Waals surface area contributed by atoms with E-state index in [-0.39, 0.29) is 0 Å². The fraction of sp³-hybridized carbons (Fsp3) is 0.364. The number of aryl methyl sites for hydroxylation is 1. The Labute approximate surface area is 102 Å². The van der Waals surface area contributed by atoms with E-state index in [0.717, 1.165) is 4.57 Å². The van der Waals surface area contributed by atoms with Crippen molar-refractivity contribution < 1.29 is 0 Å². The number of hydrogen-bond acceptors (Lipinski definition) is 4. The van der Waals surface area contributed by atoms with Crippen molar-refractivity contribution in [1.82, 2.24) is 19.1 Å². The molecule has 0 fully saturated rings. The van der Waals surface area contributed by atoms with Crippen molar-refractivity contribution in [3.63, 3.8) is 0 Å². The Bertz CT molecular complexity index is 769. The highest BCUT2D eigenvalue weighted by atomic mass is 16.2. The summed E-state index contributed by atoms with van der Waals surface area (Å²) in [7, 11) is 3.00. The fourth-order valence-corrected chi connectivity index (χ4v) is 1.63. The van der Waals surface area contributed by atoms with E-state index in [4.69, 9.17) is 0 Å². The molecule has 7 nitrogen and oxygen atoms in total. The van der Waals surface area contributed by atoms with Gasteiger partial charge in [0.1, 0.15) is 0 Å². The predicted octanol–water partition coefficient (Wildman–Crippen LogP) is -0.604. The molecule has 2 aromatic heterocycles. The largest absolute Gasteiger partial charge is 0.345 e. The molecule has 0 amide bonds. The number of nitrogens with one attached hydrogen (secondary N) is 2. The standard InChI is InChI=1S/C11H13N5O2/c1-4-5-6-12-10-13-7-8(14-10)15(2)11(18)16(3)9(7)17/h6H2,1-3H3,(H2,12,13,14). The van der Waals surface area contributed by atoms with E-state index in [2.05, 4.69) is 27.1 Å². The molecule has 0 aromatic carbocycles. The maximum atomic E-state index is 11.9. The van der Waals surface area contributed by atoms with E-state index in [9.17, 15) is 9.59 Å². The zero-order valence-corrected chi connectivity index (χ0v) is 10.4. The lowest BCUT2D eigenvalue weighted by Gasteiger charge is -2.00. The molecule has 0 aliphatic heterocycles. The fourth-order valence-electron chi connectivity index (χ4n) is 1.63. The molecule has 2 N–H and O–H groups in total. The predicted molar refractivity (Wildman–Crippen MR) is 68.5 cm³/mol. The Morgan fingerprint density at radius 1 is 1.33 bits per heavy atom. The molecule has 0 aliphatic rings. The number of fused-ring (bicyclic) bond motifs is 1. The summed E-state index contributed by atoms with van der Waals surface area (Å²) in [6, 6.07) is 0. The van der Waals surface area contributed by atoms with Gasteiger partial charge in [0.25, 0.3) is 5.56 Å². The van der Waals surface area contributed by atoms with Crippen LogP contribution in [0.3, 0.4) is 0 Å². The lowest BCUT2D eigenvalue weighted by atomic mass is 10.5. The van der Waals surface area contributed by atoms with E-state index in [1.54, 1.807) is 14.0 Å². The molecular weight excluding hydrogens is 234 g/mol. The van der Waals surface area contributed by atoms with Crippen LogP contribution in [0.2, 0.25) is 0 Å². The number of anilines is 1. The normalized spacial score (nSPS) is 10.2. The second kappa shape index (κ2) is 4.41. The van der Waals surface area contributed by atoms with Crippen LogP contribution in [0.1, 0.15) is 6.92 Å². The van der Waals surface area contributed by atoms with Crippen molar-refractivity contribution in [1.29, 1.82) is 0 Å². The van der Waals surface area contributed by atoms with Gasteiger partial charge < -0.3 is 10.3 Å². The van der Waals surface area contributed by atoms with Crippen LogP contribution in [-0.2, 0) is 14.1 Å². The van der Waals surface area contributed by atoms with Gasteiger partial charge >= 0.3 is 5.69 Å². The number of hydrogen-bond donors (Lipinski definition) is 2. The highest BCUT2D eigenvalue weighted by Crippen LogP contribution is 2.07. The van der Waals surface area contributed by atoms with Gasteiger partial charge in [-0.3, -0.25) is 13.9 Å². The highest BCUT2D eigenvalue weighted by molar-refractivity contribution is 5.72. The van der Waals surface area contributed by atoms with Crippen LogP contribution in [0.25, 0.3) is 11.2 Å². The van der Waals surface area contributed by atoms with Crippen molar-refractivity contribution in [2.24, 2.45) is 14.1 Å². The average Bonchev–Trinajstić information content (AvgIpc) is 2.78. The number of nitrogens with zero attached hydrogens (tertiary/aromatic N) is 3. The Hall–Kier alpha value is -2.49. The summed E-state index contributed by atoms with van der Waals surface area (Å²) < 4.78 is 2.36. The van der Waals surface area contributed by atoms with Crippen LogP contribution >= 0.6 is 0 Å². The van der Waals surface area contributed by atoms with Crippen LogP contribution in [-0.4, -0.2) is 25.6 Å². The molecule has 18 heavy (non-hydrogen) atoms. The highest BCUT2D eigenvalue weighted by Gasteiger charge is 2.12. The number of aromatic amines is 1. The lowest BCUT2D eigenvalue weighted by molar-refractivity contribution is 0.709. The Morgan fingerprint density at radius 3 is 2.72 bits per heavy atom. The van der Waals surface area contributed by atoms with E-state index < -0.39 is 11.2 Å². The zero-order valence-electron chi connectivity index (χ0n) is 10.4. The Kier molecular flexibility index (Phi) is 2.93. The number of imidazole rings is 1. The van der Waals surface area contributed by atoms with Gasteiger partial charge in [-0.15, -0.1) is 5.92 Å². The summed E-state index contributed by atoms with van der Waals surface area (Å²) in [5.41, 5.74) is -0.171. The third-order valence-electron chi connectivity index (χ3n) is 2.62. The molecule has 0 spiro atoms. The van der Waals surface area contributed by atoms with Crippen LogP contribution in [0, 0.1) is 11.8 Å². The third-order valence-corrected chi connectivity index (χ3v) is 2.62. The van der Waals surface area contributed by atoms with Gasteiger partial charge in [0, 0.05) is 14.1 Å². The maximum Gasteiger partial charge on any atom is 0.332 e. The third kappa shape index (κ3) is 1.78. The van der Waals surface area contributed by atoms with E-state index in [1.165, 1.54) is 11.6 Å². The second-order valence-electron chi connectivity index (χ2n) is 3.77. The summed E-state index contributed by atoms with van der Waals surface area (Å²) in [6.07, 6.45) is 0. The summed E-state index contributed by atoms with van der Waals surface area (Å²) in [6.45, 7) is 2.16. The van der Waals surface area contributed by atoms with Crippen LogP contribution in [0.15, 0.2) is 9.59 Å². The van der Waals surface area contributed by atoms with Gasteiger partial charge in [-0.05, 0) is 6.92 Å². The molecule has 2 aromatic rings. The SMILES string of the molecule is CC#CCNc1nc2c([nH]1)c(=O)n(C)c(=O)n2C. The number of aromatic nitrogens is 4. The van der Waals surface area contributed by atoms with Crippen LogP contribution in [0.5, 0.6) is 0 Å². The molecule has 2 heterocycles. The van der Waals surface area contributed by atoms with Gasteiger partial charge in [0.15, 0.2) is 11.2 Å². The van der Waals surface area contributed by atoms with Gasteiger partial charge in [0.2, 0.25) is 5.95 Å². The van der Waals surface area contributed by atoms with Crippen molar-refractivity contribution >= 4 is 17.1 Å². The Morgan fingerprint density at radius 2 is 2.06 bits per heavy atom. The first kappa shape index (κ1) is 12.0. The number of H-pyrrole nitrogens is 1. The van der Waals surface area contributed by atoms with Crippen molar-refractivity contribution in [2.75, 3.05) is 11.9 Å². The van der Waals surface area contributed by atoms with Crippen LogP contribution < -0.4 is 16.6 Å². The topological polar surface area (TPSA) is 84.7 Å². The average molecular weight is 247 g/mol. The second-order valence-corrected chi connectivity index (χ2v) is 3.77. The summed E-state index contributed by atoms with van der Waals surface area (Å²) in [5, 5.41) is 2.92. The van der Waals surface area contributed by atoms with E-state index in [1.807, 2.05) is 0 Å². The molecule has 0 atom stereocenters. The maximum absolute atomic E-state index is 11.9. The zero-order chi connectivity index (χ0) is 13.3. The van der Waals surface area contributed by atoms with Crippen LogP contribution in [0.4, 0.5) is 5.95 Å². The molecule has 0 saturated heterocycles. The molecule has 0 bridgehead atoms. The summed E-state index contributed by atoms with van der Waals surface area (Å²) >= 11 is 0. The monoisotopic (exact) mass is 247 g/mol. The molecule has 94 valence electrons. The number of rotatable bonds is 2. The molecular formula is C11H13N5O2. The van der Waals surface area contributed by atoms with E-state index >= 15 is 0 Å². The minimum Gasteiger partial charge on any atom is -0.345 e. The minimum absolute atomic E-state index is 0.298. The molecule has 0 saturated carbocycles. The summed E-state index contributed by atoms with van der Waals surface area (Å²) in [5.74, 6) is 5.98. The molecule has 2 rings (SSSR count). The lowest BCUT2D eigenvalue weighted by Crippen LogP contribution is -2.36. The summed E-state index contributed by atoms with van der Waals surface area (Å²) in [4.78, 5) is 30.6. The van der Waals surface area contributed by atoms with Crippen molar-refractivity contribution in [3.05, 3.63) is 20.8 Å². The first-order chi connectivity index (χ1) is 8.56. The van der Waals surface area contributed by atoms with Gasteiger partial charge in [0.05, 0.1) is 6.54 Å². The van der Waals surface area contributed by atoms with Crippen molar-refractivity contribution in [3.8, 4) is 11.8 Å². The first-order valence-corrected chi connectivity index (χ1v) is 5.35. The first-order valence-electron chi connectivity index (χ1n) is 5.35. The van der Waals surface area contributed by atoms with Crippen molar-refractivity contribution in [2.45, 2.75) is 6.92 Å². The quantitative estimate of drug-likeness (QED) is 0.694. The minimum atomic E-state index is -0.404. The van der Waals surface area contributed by atoms with E-state index in [0.29, 0.717) is 23.7 Å². The molecule has 7 heteroatoms. The van der Waals surface area contributed by atoms with Gasteiger partial charge in [-0.2, -0.15) is 4.98 Å².